The van der Waals surface area contributed by atoms with Gasteiger partial charge in [0, 0.05) is 16.9 Å². The molecule has 0 aliphatic heterocycles. The molecule has 0 rings (SSSR count). The number of thioether (sulfide) groups is 1. The molecule has 0 aliphatic carbocycles. The van der Waals surface area contributed by atoms with E-state index in [-0.39, 0.29) is 25.5 Å². The number of aliphatic hydroxyl groups is 3. The first-order chi connectivity index (χ1) is 7.78. The van der Waals surface area contributed by atoms with E-state index >= 15 is 0 Å². The van der Waals surface area contributed by atoms with E-state index in [0.29, 0.717) is 12.2 Å². The SMILES string of the molecule is C.C.CC(C)(C)SCCC(=O)NC(CO)(CO)CO. The number of nitrogens with one attached hydrogen (secondary N) is 1. The molecule has 0 aromatic rings. The highest BCUT2D eigenvalue weighted by atomic mass is 32.2. The second-order valence-electron chi connectivity index (χ2n) is 5.01. The van der Waals surface area contributed by atoms with Crippen LogP contribution >= 0.6 is 11.8 Å². The van der Waals surface area contributed by atoms with Crippen LogP contribution < -0.4 is 5.32 Å². The average molecular weight is 297 g/mol. The van der Waals surface area contributed by atoms with Crippen LogP contribution in [-0.4, -0.2) is 57.1 Å². The molecule has 6 heteroatoms. The van der Waals surface area contributed by atoms with Crippen LogP contribution in [0, 0.1) is 0 Å². The van der Waals surface area contributed by atoms with Gasteiger partial charge >= 0.3 is 0 Å². The Morgan fingerprint density at radius 2 is 1.47 bits per heavy atom. The van der Waals surface area contributed by atoms with Crippen molar-refractivity contribution in [2.24, 2.45) is 0 Å². The van der Waals surface area contributed by atoms with Crippen molar-refractivity contribution in [1.82, 2.24) is 5.32 Å². The molecular formula is C13H31NO4S. The van der Waals surface area contributed by atoms with Crippen LogP contribution in [0.2, 0.25) is 0 Å². The van der Waals surface area contributed by atoms with Crippen LogP contribution in [0.4, 0.5) is 0 Å². The molecule has 4 N–H and O–H groups in total. The number of carbonyl (C=O) groups excluding carboxylic acids is 1. The Bertz CT molecular complexity index is 229. The summed E-state index contributed by atoms with van der Waals surface area (Å²) in [4.78, 5) is 11.6. The van der Waals surface area contributed by atoms with Crippen molar-refractivity contribution in [3.05, 3.63) is 0 Å². The first-order valence-electron chi connectivity index (χ1n) is 5.56. The summed E-state index contributed by atoms with van der Waals surface area (Å²) in [6, 6.07) is 0. The zero-order valence-corrected chi connectivity index (χ0v) is 11.5. The molecule has 0 bridgehead atoms. The molecule has 0 saturated heterocycles. The Morgan fingerprint density at radius 3 is 1.79 bits per heavy atom. The molecule has 0 saturated carbocycles. The van der Waals surface area contributed by atoms with E-state index in [1.54, 1.807) is 11.8 Å². The van der Waals surface area contributed by atoms with Crippen molar-refractivity contribution in [1.29, 1.82) is 0 Å². The lowest BCUT2D eigenvalue weighted by Crippen LogP contribution is -2.57. The highest BCUT2D eigenvalue weighted by molar-refractivity contribution is 8.00. The van der Waals surface area contributed by atoms with Crippen LogP contribution in [-0.2, 0) is 4.79 Å². The van der Waals surface area contributed by atoms with Gasteiger partial charge in [-0.15, -0.1) is 0 Å². The first-order valence-corrected chi connectivity index (χ1v) is 6.55. The molecule has 0 aliphatic rings. The number of rotatable bonds is 7. The lowest BCUT2D eigenvalue weighted by molar-refractivity contribution is -0.124. The van der Waals surface area contributed by atoms with E-state index in [2.05, 4.69) is 26.1 Å². The van der Waals surface area contributed by atoms with Crippen molar-refractivity contribution in [3.8, 4) is 0 Å². The van der Waals surface area contributed by atoms with Gasteiger partial charge in [-0.05, 0) is 0 Å². The Kier molecular flexibility index (Phi) is 13.1. The van der Waals surface area contributed by atoms with Crippen molar-refractivity contribution in [2.75, 3.05) is 25.6 Å². The Labute approximate surface area is 121 Å². The molecule has 0 atom stereocenters. The molecular weight excluding hydrogens is 266 g/mol. The van der Waals surface area contributed by atoms with E-state index in [1.807, 2.05) is 0 Å². The van der Waals surface area contributed by atoms with E-state index in [4.69, 9.17) is 15.3 Å². The average Bonchev–Trinajstić information content (AvgIpc) is 2.24. The molecule has 0 unspecified atom stereocenters. The van der Waals surface area contributed by atoms with Crippen LogP contribution in [0.5, 0.6) is 0 Å². The minimum Gasteiger partial charge on any atom is -0.394 e. The zero-order chi connectivity index (χ0) is 13.5. The predicted octanol–water partition coefficient (Wildman–Crippen LogP) is 1.01. The third-order valence-corrected chi connectivity index (χ3v) is 3.45. The lowest BCUT2D eigenvalue weighted by Gasteiger charge is -2.28. The van der Waals surface area contributed by atoms with Gasteiger partial charge in [0.05, 0.1) is 19.8 Å². The molecule has 0 aromatic carbocycles. The van der Waals surface area contributed by atoms with Gasteiger partial charge in [-0.25, -0.2) is 0 Å². The number of hydrogen-bond donors (Lipinski definition) is 4. The Balaban J connectivity index is -0.00000128. The largest absolute Gasteiger partial charge is 0.394 e. The second-order valence-corrected chi connectivity index (χ2v) is 6.94. The predicted molar refractivity (Wildman–Crippen MR) is 82.4 cm³/mol. The molecule has 0 aromatic heterocycles. The van der Waals surface area contributed by atoms with Gasteiger partial charge in [-0.2, -0.15) is 11.8 Å². The number of carbonyl (C=O) groups is 1. The van der Waals surface area contributed by atoms with Gasteiger partial charge in [0.15, 0.2) is 0 Å². The summed E-state index contributed by atoms with van der Waals surface area (Å²) in [5, 5.41) is 29.6. The van der Waals surface area contributed by atoms with Gasteiger partial charge in [0.2, 0.25) is 5.91 Å². The van der Waals surface area contributed by atoms with Gasteiger partial charge in [0.1, 0.15) is 5.54 Å². The van der Waals surface area contributed by atoms with Gasteiger partial charge < -0.3 is 20.6 Å². The minimum absolute atomic E-state index is 0. The molecule has 0 heterocycles. The standard InChI is InChI=1S/C11H23NO4S.2CH4/c1-10(2,3)17-5-4-9(16)12-11(6-13,7-14)8-15;;/h13-15H,4-8H2,1-3H3,(H,12,16);2*1H4. The molecule has 0 spiro atoms. The maximum atomic E-state index is 11.6. The smallest absolute Gasteiger partial charge is 0.221 e. The maximum Gasteiger partial charge on any atom is 0.221 e. The number of aliphatic hydroxyl groups excluding tert-OH is 3. The van der Waals surface area contributed by atoms with Crippen molar-refractivity contribution in [2.45, 2.75) is 52.3 Å². The topological polar surface area (TPSA) is 89.8 Å². The first kappa shape index (κ1) is 23.8. The molecule has 19 heavy (non-hydrogen) atoms. The molecule has 0 radical (unpaired) electrons. The third-order valence-electron chi connectivity index (χ3n) is 2.18. The van der Waals surface area contributed by atoms with Crippen LogP contribution in [0.25, 0.3) is 0 Å². The summed E-state index contributed by atoms with van der Waals surface area (Å²) < 4.78 is 0.0995. The summed E-state index contributed by atoms with van der Waals surface area (Å²) in [5.74, 6) is 0.382. The fraction of sp³-hybridized carbons (Fsp3) is 0.923. The van der Waals surface area contributed by atoms with Crippen LogP contribution in [0.3, 0.4) is 0 Å². The van der Waals surface area contributed by atoms with Gasteiger partial charge in [-0.3, -0.25) is 4.79 Å². The summed E-state index contributed by atoms with van der Waals surface area (Å²) in [6.45, 7) is 4.73. The Morgan fingerprint density at radius 1 is 1.05 bits per heavy atom. The molecule has 5 nitrogen and oxygen atoms in total. The van der Waals surface area contributed by atoms with E-state index in [1.165, 1.54) is 0 Å². The number of hydrogen-bond acceptors (Lipinski definition) is 5. The van der Waals surface area contributed by atoms with Crippen LogP contribution in [0.1, 0.15) is 42.0 Å². The second kappa shape index (κ2) is 10.5. The fourth-order valence-corrected chi connectivity index (χ4v) is 1.98. The molecule has 1 amide bonds. The van der Waals surface area contributed by atoms with Gasteiger partial charge in [0.25, 0.3) is 0 Å². The van der Waals surface area contributed by atoms with Crippen molar-refractivity contribution >= 4 is 17.7 Å². The number of amides is 1. The highest BCUT2D eigenvalue weighted by Crippen LogP contribution is 2.23. The van der Waals surface area contributed by atoms with E-state index in [0.717, 1.165) is 0 Å². The Hall–Kier alpha value is -0.300. The van der Waals surface area contributed by atoms with Gasteiger partial charge in [-0.1, -0.05) is 35.6 Å². The molecule has 0 fully saturated rings. The highest BCUT2D eigenvalue weighted by Gasteiger charge is 2.29. The van der Waals surface area contributed by atoms with Crippen LogP contribution in [0.15, 0.2) is 0 Å². The summed E-state index contributed by atoms with van der Waals surface area (Å²) in [7, 11) is 0. The van der Waals surface area contributed by atoms with Crippen molar-refractivity contribution < 1.29 is 20.1 Å². The lowest BCUT2D eigenvalue weighted by atomic mass is 10.0. The van der Waals surface area contributed by atoms with Crippen molar-refractivity contribution in [3.63, 3.8) is 0 Å². The molecule has 118 valence electrons. The quantitative estimate of drug-likeness (QED) is 0.563. The summed E-state index contributed by atoms with van der Waals surface area (Å²) in [6.07, 6.45) is 0.295. The zero-order valence-electron chi connectivity index (χ0n) is 10.7. The minimum atomic E-state index is -1.32. The third kappa shape index (κ3) is 10.2. The summed E-state index contributed by atoms with van der Waals surface area (Å²) >= 11 is 1.66. The fourth-order valence-electron chi connectivity index (χ4n) is 1.08. The van der Waals surface area contributed by atoms with E-state index in [9.17, 15) is 4.79 Å². The van der Waals surface area contributed by atoms with E-state index < -0.39 is 25.4 Å². The summed E-state index contributed by atoms with van der Waals surface area (Å²) in [5.41, 5.74) is -1.32. The maximum absolute atomic E-state index is 11.6. The monoisotopic (exact) mass is 297 g/mol. The normalized spacial score (nSPS) is 11.3.